The van der Waals surface area contributed by atoms with E-state index in [4.69, 9.17) is 4.42 Å². The molecule has 2 aromatic carbocycles. The van der Waals surface area contributed by atoms with E-state index in [0.29, 0.717) is 28.4 Å². The van der Waals surface area contributed by atoms with Crippen LogP contribution in [0.3, 0.4) is 0 Å². The molecule has 8 heteroatoms. The zero-order valence-corrected chi connectivity index (χ0v) is 16.3. The fourth-order valence-corrected chi connectivity index (χ4v) is 3.50. The molecule has 1 aromatic heterocycles. The average molecular weight is 387 g/mol. The SMILES string of the molecule is CC(=O)Nc1ccc(S(=O)(=O)Nc2ccc3oc(C(C)(C)C)nc3c2)cc1. The second kappa shape index (κ2) is 6.70. The van der Waals surface area contributed by atoms with Crippen molar-refractivity contribution in [2.24, 2.45) is 0 Å². The van der Waals surface area contributed by atoms with Gasteiger partial charge in [0.25, 0.3) is 10.0 Å². The third kappa shape index (κ3) is 4.28. The predicted molar refractivity (Wildman–Crippen MR) is 104 cm³/mol. The highest BCUT2D eigenvalue weighted by molar-refractivity contribution is 7.92. The molecule has 0 radical (unpaired) electrons. The molecule has 27 heavy (non-hydrogen) atoms. The van der Waals surface area contributed by atoms with Crippen LogP contribution in [0.4, 0.5) is 11.4 Å². The molecular formula is C19H21N3O4S. The van der Waals surface area contributed by atoms with Gasteiger partial charge in [0.15, 0.2) is 5.58 Å². The number of amides is 1. The first kappa shape index (κ1) is 18.9. The molecule has 0 saturated heterocycles. The second-order valence-corrected chi connectivity index (χ2v) is 8.94. The molecule has 2 N–H and O–H groups in total. The van der Waals surface area contributed by atoms with Crippen LogP contribution >= 0.6 is 0 Å². The Labute approximate surface area is 157 Å². The maximum Gasteiger partial charge on any atom is 0.261 e. The summed E-state index contributed by atoms with van der Waals surface area (Å²) in [4.78, 5) is 15.6. The highest BCUT2D eigenvalue weighted by atomic mass is 32.2. The van der Waals surface area contributed by atoms with Crippen molar-refractivity contribution in [1.29, 1.82) is 0 Å². The summed E-state index contributed by atoms with van der Waals surface area (Å²) in [5.74, 6) is 0.366. The number of carbonyl (C=O) groups excluding carboxylic acids is 1. The molecule has 0 saturated carbocycles. The minimum absolute atomic E-state index is 0.0900. The monoisotopic (exact) mass is 387 g/mol. The molecule has 142 valence electrons. The van der Waals surface area contributed by atoms with Crippen molar-refractivity contribution in [3.8, 4) is 0 Å². The molecule has 0 spiro atoms. The molecule has 1 amide bonds. The molecule has 3 aromatic rings. The number of rotatable bonds is 4. The van der Waals surface area contributed by atoms with Gasteiger partial charge in [0.1, 0.15) is 5.52 Å². The van der Waals surface area contributed by atoms with Crippen LogP contribution in [0.1, 0.15) is 33.6 Å². The molecule has 0 aliphatic rings. The number of sulfonamides is 1. The first-order valence-corrected chi connectivity index (χ1v) is 9.84. The van der Waals surface area contributed by atoms with Gasteiger partial charge in [-0.05, 0) is 42.5 Å². The molecule has 0 fully saturated rings. The number of hydrogen-bond acceptors (Lipinski definition) is 5. The maximum absolute atomic E-state index is 12.6. The van der Waals surface area contributed by atoms with E-state index in [1.165, 1.54) is 31.2 Å². The number of carbonyl (C=O) groups is 1. The lowest BCUT2D eigenvalue weighted by molar-refractivity contribution is -0.114. The Morgan fingerprint density at radius 3 is 2.26 bits per heavy atom. The van der Waals surface area contributed by atoms with Gasteiger partial charge in [-0.15, -0.1) is 0 Å². The zero-order chi connectivity index (χ0) is 19.8. The average Bonchev–Trinajstić information content (AvgIpc) is 2.98. The fourth-order valence-electron chi connectivity index (χ4n) is 2.45. The largest absolute Gasteiger partial charge is 0.440 e. The number of hydrogen-bond donors (Lipinski definition) is 2. The Morgan fingerprint density at radius 1 is 1.04 bits per heavy atom. The van der Waals surface area contributed by atoms with Crippen LogP contribution < -0.4 is 10.0 Å². The van der Waals surface area contributed by atoms with Gasteiger partial charge in [-0.3, -0.25) is 9.52 Å². The minimum atomic E-state index is -3.77. The van der Waals surface area contributed by atoms with E-state index in [2.05, 4.69) is 15.0 Å². The summed E-state index contributed by atoms with van der Waals surface area (Å²) >= 11 is 0. The molecule has 1 heterocycles. The molecule has 0 atom stereocenters. The van der Waals surface area contributed by atoms with Crippen LogP contribution in [0.2, 0.25) is 0 Å². The van der Waals surface area contributed by atoms with Crippen LogP contribution in [0.15, 0.2) is 51.8 Å². The normalized spacial score (nSPS) is 12.1. The summed E-state index contributed by atoms with van der Waals surface area (Å²) in [5.41, 5.74) is 1.86. The van der Waals surface area contributed by atoms with Crippen LogP contribution in [0, 0.1) is 0 Å². The van der Waals surface area contributed by atoms with Crippen LogP contribution in [0.5, 0.6) is 0 Å². The Morgan fingerprint density at radius 2 is 1.67 bits per heavy atom. The lowest BCUT2D eigenvalue weighted by Crippen LogP contribution is -2.13. The van der Waals surface area contributed by atoms with Crippen LogP contribution in [-0.2, 0) is 20.2 Å². The van der Waals surface area contributed by atoms with E-state index in [1.54, 1.807) is 18.2 Å². The summed E-state index contributed by atoms with van der Waals surface area (Å²) in [6, 6.07) is 10.9. The van der Waals surface area contributed by atoms with Gasteiger partial charge in [-0.2, -0.15) is 0 Å². The summed E-state index contributed by atoms with van der Waals surface area (Å²) in [6.07, 6.45) is 0. The van der Waals surface area contributed by atoms with Crippen molar-refractivity contribution in [2.75, 3.05) is 10.0 Å². The third-order valence-electron chi connectivity index (χ3n) is 3.77. The number of oxazole rings is 1. The minimum Gasteiger partial charge on any atom is -0.440 e. The van der Waals surface area contributed by atoms with Crippen molar-refractivity contribution in [1.82, 2.24) is 4.98 Å². The first-order valence-electron chi connectivity index (χ1n) is 8.36. The number of aromatic nitrogens is 1. The Hall–Kier alpha value is -2.87. The summed E-state index contributed by atoms with van der Waals surface area (Å²) in [7, 11) is -3.77. The van der Waals surface area contributed by atoms with Gasteiger partial charge in [0.2, 0.25) is 11.8 Å². The predicted octanol–water partition coefficient (Wildman–Crippen LogP) is 3.88. The van der Waals surface area contributed by atoms with Crippen molar-refractivity contribution in [2.45, 2.75) is 38.0 Å². The van der Waals surface area contributed by atoms with E-state index in [9.17, 15) is 13.2 Å². The topological polar surface area (TPSA) is 101 Å². The highest BCUT2D eigenvalue weighted by Gasteiger charge is 2.21. The molecule has 0 bridgehead atoms. The van der Waals surface area contributed by atoms with E-state index >= 15 is 0 Å². The second-order valence-electron chi connectivity index (χ2n) is 7.26. The summed E-state index contributed by atoms with van der Waals surface area (Å²) in [5, 5.41) is 2.59. The highest BCUT2D eigenvalue weighted by Crippen LogP contribution is 2.28. The lowest BCUT2D eigenvalue weighted by atomic mass is 9.97. The van der Waals surface area contributed by atoms with Crippen LogP contribution in [-0.4, -0.2) is 19.3 Å². The Balaban J connectivity index is 1.85. The van der Waals surface area contributed by atoms with E-state index in [-0.39, 0.29) is 16.2 Å². The third-order valence-corrected chi connectivity index (χ3v) is 5.16. The quantitative estimate of drug-likeness (QED) is 0.707. The van der Waals surface area contributed by atoms with Gasteiger partial charge < -0.3 is 9.73 Å². The van der Waals surface area contributed by atoms with Crippen molar-refractivity contribution < 1.29 is 17.6 Å². The van der Waals surface area contributed by atoms with Crippen molar-refractivity contribution in [3.63, 3.8) is 0 Å². The lowest BCUT2D eigenvalue weighted by Gasteiger charge is -2.11. The standard InChI is InChI=1S/C19H21N3O4S/c1-12(23)20-13-5-8-15(9-6-13)27(24,25)22-14-7-10-17-16(11-14)21-18(26-17)19(2,3)4/h5-11,22H,1-4H3,(H,20,23). The first-order chi connectivity index (χ1) is 12.5. The Bertz CT molecular complexity index is 1090. The molecule has 7 nitrogen and oxygen atoms in total. The van der Waals surface area contributed by atoms with Gasteiger partial charge in [0.05, 0.1) is 10.6 Å². The van der Waals surface area contributed by atoms with Gasteiger partial charge in [-0.25, -0.2) is 13.4 Å². The molecule has 0 aliphatic heterocycles. The smallest absolute Gasteiger partial charge is 0.261 e. The number of benzene rings is 2. The van der Waals surface area contributed by atoms with Crippen molar-refractivity contribution >= 4 is 38.4 Å². The molecular weight excluding hydrogens is 366 g/mol. The summed E-state index contributed by atoms with van der Waals surface area (Å²) in [6.45, 7) is 7.36. The van der Waals surface area contributed by atoms with Gasteiger partial charge >= 0.3 is 0 Å². The summed E-state index contributed by atoms with van der Waals surface area (Å²) < 4.78 is 33.4. The van der Waals surface area contributed by atoms with Crippen LogP contribution in [0.25, 0.3) is 11.1 Å². The fraction of sp³-hybridized carbons (Fsp3) is 0.263. The molecule has 0 unspecified atom stereocenters. The van der Waals surface area contributed by atoms with Gasteiger partial charge in [0, 0.05) is 18.0 Å². The number of nitrogens with zero attached hydrogens (tertiary/aromatic N) is 1. The van der Waals surface area contributed by atoms with Gasteiger partial charge in [-0.1, -0.05) is 20.8 Å². The number of fused-ring (bicyclic) bond motifs is 1. The number of nitrogens with one attached hydrogen (secondary N) is 2. The Kier molecular flexibility index (Phi) is 4.69. The van der Waals surface area contributed by atoms with Crippen molar-refractivity contribution in [3.05, 3.63) is 48.4 Å². The number of anilines is 2. The van der Waals surface area contributed by atoms with E-state index in [1.807, 2.05) is 20.8 Å². The van der Waals surface area contributed by atoms with E-state index < -0.39 is 10.0 Å². The molecule has 0 aliphatic carbocycles. The maximum atomic E-state index is 12.6. The zero-order valence-electron chi connectivity index (χ0n) is 15.5. The molecule has 3 rings (SSSR count). The van der Waals surface area contributed by atoms with E-state index in [0.717, 1.165) is 0 Å².